The lowest BCUT2D eigenvalue weighted by Crippen LogP contribution is -2.36. The molecule has 0 fully saturated rings. The van der Waals surface area contributed by atoms with E-state index in [1.165, 1.54) is 12.1 Å². The fraction of sp³-hybridized carbons (Fsp3) is 0.200. The molecule has 0 aliphatic rings. The molecule has 0 heterocycles. The fourth-order valence-corrected chi connectivity index (χ4v) is 3.22. The van der Waals surface area contributed by atoms with Gasteiger partial charge in [0.2, 0.25) is 0 Å². The molecule has 0 amide bonds. The summed E-state index contributed by atoms with van der Waals surface area (Å²) in [4.78, 5) is 0. The van der Waals surface area contributed by atoms with Gasteiger partial charge in [0.05, 0.1) is 0 Å². The van der Waals surface area contributed by atoms with Gasteiger partial charge in [-0.2, -0.15) is 0 Å². The van der Waals surface area contributed by atoms with E-state index in [1.54, 1.807) is 6.07 Å². The van der Waals surface area contributed by atoms with Crippen LogP contribution in [0.2, 0.25) is 0 Å². The van der Waals surface area contributed by atoms with Gasteiger partial charge in [0.1, 0.15) is 5.82 Å². The maximum absolute atomic E-state index is 13.3. The Morgan fingerprint density at radius 3 is 2.47 bits per heavy atom. The van der Waals surface area contributed by atoms with E-state index in [4.69, 9.17) is 5.73 Å². The van der Waals surface area contributed by atoms with E-state index < -0.39 is 5.54 Å². The Labute approximate surface area is 129 Å². The molecule has 2 rings (SSSR count). The van der Waals surface area contributed by atoms with Gasteiger partial charge >= 0.3 is 0 Å². The third kappa shape index (κ3) is 3.44. The monoisotopic (exact) mass is 385 g/mol. The van der Waals surface area contributed by atoms with E-state index in [-0.39, 0.29) is 5.82 Å². The summed E-state index contributed by atoms with van der Waals surface area (Å²) in [7, 11) is 0. The van der Waals surface area contributed by atoms with Gasteiger partial charge in [-0.25, -0.2) is 4.39 Å². The van der Waals surface area contributed by atoms with Crippen LogP contribution in [0.1, 0.15) is 18.1 Å². The minimum Gasteiger partial charge on any atom is -0.321 e. The predicted molar refractivity (Wildman–Crippen MR) is 83.5 cm³/mol. The van der Waals surface area contributed by atoms with Crippen LogP contribution in [-0.4, -0.2) is 0 Å². The number of rotatable bonds is 3. The maximum atomic E-state index is 13.3. The average molecular weight is 387 g/mol. The SMILES string of the molecule is CC(N)(Cc1cc(F)ccc1Br)c1ccccc1Br. The van der Waals surface area contributed by atoms with Crippen molar-refractivity contribution < 1.29 is 4.39 Å². The Bertz CT molecular complexity index is 596. The van der Waals surface area contributed by atoms with Crippen LogP contribution in [0.3, 0.4) is 0 Å². The van der Waals surface area contributed by atoms with Crippen LogP contribution in [0.15, 0.2) is 51.4 Å². The normalized spacial score (nSPS) is 14.2. The summed E-state index contributed by atoms with van der Waals surface area (Å²) in [6.07, 6.45) is 0.550. The Morgan fingerprint density at radius 2 is 1.79 bits per heavy atom. The summed E-state index contributed by atoms with van der Waals surface area (Å²) in [5.74, 6) is -0.249. The molecule has 0 aliphatic heterocycles. The molecule has 0 aliphatic carbocycles. The van der Waals surface area contributed by atoms with Crippen molar-refractivity contribution in [3.63, 3.8) is 0 Å². The summed E-state index contributed by atoms with van der Waals surface area (Å²) < 4.78 is 15.2. The second-order valence-corrected chi connectivity index (χ2v) is 6.52. The van der Waals surface area contributed by atoms with E-state index in [0.29, 0.717) is 6.42 Å². The second-order valence-electron chi connectivity index (χ2n) is 4.81. The van der Waals surface area contributed by atoms with Gasteiger partial charge in [-0.05, 0) is 48.7 Å². The van der Waals surface area contributed by atoms with Crippen LogP contribution in [0.25, 0.3) is 0 Å². The first kappa shape index (κ1) is 14.7. The van der Waals surface area contributed by atoms with Crippen LogP contribution < -0.4 is 5.73 Å². The number of benzene rings is 2. The largest absolute Gasteiger partial charge is 0.321 e. The molecule has 2 aromatic rings. The van der Waals surface area contributed by atoms with Crippen LogP contribution >= 0.6 is 31.9 Å². The van der Waals surface area contributed by atoms with Gasteiger partial charge in [0.15, 0.2) is 0 Å². The highest BCUT2D eigenvalue weighted by atomic mass is 79.9. The molecule has 0 saturated heterocycles. The van der Waals surface area contributed by atoms with Crippen molar-refractivity contribution in [2.24, 2.45) is 5.73 Å². The fourth-order valence-electron chi connectivity index (χ4n) is 2.09. The second kappa shape index (κ2) is 5.73. The Morgan fingerprint density at radius 1 is 1.11 bits per heavy atom. The molecular formula is C15H14Br2FN. The van der Waals surface area contributed by atoms with Gasteiger partial charge in [-0.15, -0.1) is 0 Å². The zero-order valence-corrected chi connectivity index (χ0v) is 13.6. The van der Waals surface area contributed by atoms with E-state index in [9.17, 15) is 4.39 Å². The maximum Gasteiger partial charge on any atom is 0.123 e. The molecule has 2 N–H and O–H groups in total. The van der Waals surface area contributed by atoms with Gasteiger partial charge < -0.3 is 5.73 Å². The molecule has 0 bridgehead atoms. The Hall–Kier alpha value is -0.710. The minimum absolute atomic E-state index is 0.249. The molecule has 1 unspecified atom stereocenters. The molecule has 19 heavy (non-hydrogen) atoms. The highest BCUT2D eigenvalue weighted by molar-refractivity contribution is 9.10. The molecule has 100 valence electrons. The smallest absolute Gasteiger partial charge is 0.123 e. The van der Waals surface area contributed by atoms with E-state index in [2.05, 4.69) is 31.9 Å². The van der Waals surface area contributed by atoms with E-state index in [1.807, 2.05) is 31.2 Å². The van der Waals surface area contributed by atoms with E-state index in [0.717, 1.165) is 20.1 Å². The number of hydrogen-bond acceptors (Lipinski definition) is 1. The third-order valence-electron chi connectivity index (χ3n) is 3.05. The van der Waals surface area contributed by atoms with Crippen molar-refractivity contribution in [2.75, 3.05) is 0 Å². The quantitative estimate of drug-likeness (QED) is 0.807. The number of nitrogens with two attached hydrogens (primary N) is 1. The first-order valence-electron chi connectivity index (χ1n) is 5.88. The van der Waals surface area contributed by atoms with E-state index >= 15 is 0 Å². The first-order valence-corrected chi connectivity index (χ1v) is 7.46. The van der Waals surface area contributed by atoms with Gasteiger partial charge in [-0.1, -0.05) is 50.1 Å². The van der Waals surface area contributed by atoms with Gasteiger partial charge in [-0.3, -0.25) is 0 Å². The van der Waals surface area contributed by atoms with Crippen molar-refractivity contribution >= 4 is 31.9 Å². The molecule has 1 atom stereocenters. The topological polar surface area (TPSA) is 26.0 Å². The number of hydrogen-bond donors (Lipinski definition) is 1. The summed E-state index contributed by atoms with van der Waals surface area (Å²) in [5, 5.41) is 0. The summed E-state index contributed by atoms with van der Waals surface area (Å²) in [5.41, 5.74) is 7.71. The van der Waals surface area contributed by atoms with Crippen molar-refractivity contribution in [3.05, 3.63) is 68.4 Å². The average Bonchev–Trinajstić information content (AvgIpc) is 2.34. The molecule has 2 aromatic carbocycles. The molecule has 1 nitrogen and oxygen atoms in total. The predicted octanol–water partition coefficient (Wildman–Crippen LogP) is 4.77. The van der Waals surface area contributed by atoms with Gasteiger partial charge in [0, 0.05) is 14.5 Å². The standard InChI is InChI=1S/C15H14Br2FN/c1-15(19,12-4-2-3-5-14(12)17)9-10-8-11(18)6-7-13(10)16/h2-8H,9,19H2,1H3. The van der Waals surface area contributed by atoms with Crippen molar-refractivity contribution in [1.82, 2.24) is 0 Å². The summed E-state index contributed by atoms with van der Waals surface area (Å²) in [6, 6.07) is 12.5. The Kier molecular flexibility index (Phi) is 4.43. The van der Waals surface area contributed by atoms with Crippen LogP contribution in [-0.2, 0) is 12.0 Å². The Balaban J connectivity index is 2.36. The third-order valence-corrected chi connectivity index (χ3v) is 4.52. The van der Waals surface area contributed by atoms with Crippen LogP contribution in [0.5, 0.6) is 0 Å². The van der Waals surface area contributed by atoms with Crippen molar-refractivity contribution in [1.29, 1.82) is 0 Å². The highest BCUT2D eigenvalue weighted by Gasteiger charge is 2.25. The molecule has 0 radical (unpaired) electrons. The lowest BCUT2D eigenvalue weighted by molar-refractivity contribution is 0.486. The highest BCUT2D eigenvalue weighted by Crippen LogP contribution is 2.31. The zero-order chi connectivity index (χ0) is 14.0. The van der Waals surface area contributed by atoms with Crippen molar-refractivity contribution in [2.45, 2.75) is 18.9 Å². The molecule has 0 spiro atoms. The first-order chi connectivity index (χ1) is 8.90. The summed E-state index contributed by atoms with van der Waals surface area (Å²) in [6.45, 7) is 1.95. The van der Waals surface area contributed by atoms with Gasteiger partial charge in [0.25, 0.3) is 0 Å². The van der Waals surface area contributed by atoms with Crippen LogP contribution in [0.4, 0.5) is 4.39 Å². The zero-order valence-electron chi connectivity index (χ0n) is 10.5. The number of halogens is 3. The van der Waals surface area contributed by atoms with Crippen molar-refractivity contribution in [3.8, 4) is 0 Å². The minimum atomic E-state index is -0.573. The lowest BCUT2D eigenvalue weighted by atomic mass is 9.86. The molecular weight excluding hydrogens is 373 g/mol. The summed E-state index contributed by atoms with van der Waals surface area (Å²) >= 11 is 6.95. The molecule has 0 aromatic heterocycles. The lowest BCUT2D eigenvalue weighted by Gasteiger charge is -2.27. The molecule has 0 saturated carbocycles. The molecule has 4 heteroatoms. The van der Waals surface area contributed by atoms with Crippen LogP contribution in [0, 0.1) is 5.82 Å².